The molecule has 1 aromatic carbocycles. The van der Waals surface area contributed by atoms with Gasteiger partial charge in [0.05, 0.1) is 6.42 Å². The maximum atomic E-state index is 11.2. The summed E-state index contributed by atoms with van der Waals surface area (Å²) in [5.41, 5.74) is 12.5. The maximum Gasteiger partial charge on any atom is 0.326 e. The molecule has 1 heterocycles. The third-order valence-electron chi connectivity index (χ3n) is 3.18. The van der Waals surface area contributed by atoms with E-state index in [1.807, 2.05) is 13.0 Å². The van der Waals surface area contributed by atoms with Crippen molar-refractivity contribution in [3.05, 3.63) is 30.0 Å². The molecule has 0 saturated carbocycles. The Bertz CT molecular complexity index is 715. The second-order valence-corrected chi connectivity index (χ2v) is 4.76. The summed E-state index contributed by atoms with van der Waals surface area (Å²) in [5, 5.41) is 13.4. The zero-order chi connectivity index (χ0) is 15.6. The number of primary amides is 1. The first-order chi connectivity index (χ1) is 9.90. The Morgan fingerprint density at radius 1 is 1.38 bits per heavy atom. The summed E-state index contributed by atoms with van der Waals surface area (Å²) in [7, 11) is 0. The molecule has 0 fully saturated rings. The van der Waals surface area contributed by atoms with E-state index in [9.17, 15) is 9.59 Å². The molecule has 0 bridgehead atoms. The number of carbonyl (C=O) groups excluding carboxylic acids is 1. The molecule has 2 aromatic rings. The van der Waals surface area contributed by atoms with Crippen LogP contribution in [0.15, 0.2) is 24.4 Å². The standard InChI is InChI=1S/C14H16N4O3/c1-7-2-3-9(15)8-4-5-17-13(12(7)8)18-10(14(20)21)6-11(16)19/h2-5,10H,6,15H2,1H3,(H2,16,19)(H,17,18)(H,20,21). The van der Waals surface area contributed by atoms with E-state index < -0.39 is 17.9 Å². The largest absolute Gasteiger partial charge is 0.480 e. The number of nitrogens with zero attached hydrogens (tertiary/aromatic N) is 1. The van der Waals surface area contributed by atoms with Crippen LogP contribution in [0.5, 0.6) is 0 Å². The van der Waals surface area contributed by atoms with Gasteiger partial charge in [-0.05, 0) is 24.6 Å². The summed E-state index contributed by atoms with van der Waals surface area (Å²) in [6.07, 6.45) is 1.21. The second-order valence-electron chi connectivity index (χ2n) is 4.76. The second kappa shape index (κ2) is 5.66. The molecular weight excluding hydrogens is 272 g/mol. The SMILES string of the molecule is Cc1ccc(N)c2ccnc(NC(CC(N)=O)C(=O)O)c12. The predicted molar refractivity (Wildman–Crippen MR) is 79.8 cm³/mol. The lowest BCUT2D eigenvalue weighted by Gasteiger charge is -2.16. The van der Waals surface area contributed by atoms with Crippen molar-refractivity contribution in [3.8, 4) is 0 Å². The lowest BCUT2D eigenvalue weighted by Crippen LogP contribution is -2.34. The highest BCUT2D eigenvalue weighted by atomic mass is 16.4. The number of nitrogen functional groups attached to an aromatic ring is 1. The van der Waals surface area contributed by atoms with Gasteiger partial charge in [0.1, 0.15) is 11.9 Å². The normalized spacial score (nSPS) is 12.0. The first-order valence-electron chi connectivity index (χ1n) is 6.31. The van der Waals surface area contributed by atoms with Crippen LogP contribution in [0.4, 0.5) is 11.5 Å². The van der Waals surface area contributed by atoms with E-state index >= 15 is 0 Å². The van der Waals surface area contributed by atoms with Gasteiger partial charge in [-0.3, -0.25) is 4.79 Å². The third kappa shape index (κ3) is 3.02. The molecule has 6 N–H and O–H groups in total. The van der Waals surface area contributed by atoms with Crippen LogP contribution in [0.2, 0.25) is 0 Å². The van der Waals surface area contributed by atoms with E-state index in [0.717, 1.165) is 16.3 Å². The summed E-state index contributed by atoms with van der Waals surface area (Å²) in [6, 6.07) is 4.22. The van der Waals surface area contributed by atoms with E-state index in [2.05, 4.69) is 10.3 Å². The number of anilines is 2. The first kappa shape index (κ1) is 14.6. The Morgan fingerprint density at radius 3 is 2.71 bits per heavy atom. The summed E-state index contributed by atoms with van der Waals surface area (Å²) < 4.78 is 0. The maximum absolute atomic E-state index is 11.2. The van der Waals surface area contributed by atoms with Gasteiger partial charge in [-0.1, -0.05) is 6.07 Å². The van der Waals surface area contributed by atoms with Crippen molar-refractivity contribution in [1.29, 1.82) is 0 Å². The van der Waals surface area contributed by atoms with Crippen molar-refractivity contribution in [3.63, 3.8) is 0 Å². The van der Waals surface area contributed by atoms with E-state index in [-0.39, 0.29) is 6.42 Å². The molecular formula is C14H16N4O3. The fraction of sp³-hybridized carbons (Fsp3) is 0.214. The lowest BCUT2D eigenvalue weighted by atomic mass is 10.0. The number of hydrogen-bond acceptors (Lipinski definition) is 5. The van der Waals surface area contributed by atoms with Gasteiger partial charge >= 0.3 is 5.97 Å². The van der Waals surface area contributed by atoms with Gasteiger partial charge in [-0.25, -0.2) is 9.78 Å². The molecule has 0 aliphatic heterocycles. The Morgan fingerprint density at radius 2 is 2.10 bits per heavy atom. The van der Waals surface area contributed by atoms with Crippen LogP contribution in [0, 0.1) is 6.92 Å². The number of amides is 1. The molecule has 0 saturated heterocycles. The van der Waals surface area contributed by atoms with Crippen LogP contribution >= 0.6 is 0 Å². The molecule has 21 heavy (non-hydrogen) atoms. The number of carboxylic acids is 1. The topological polar surface area (TPSA) is 131 Å². The smallest absolute Gasteiger partial charge is 0.326 e. The summed E-state index contributed by atoms with van der Waals surface area (Å²) in [6.45, 7) is 1.87. The minimum absolute atomic E-state index is 0.325. The van der Waals surface area contributed by atoms with Gasteiger partial charge in [-0.2, -0.15) is 0 Å². The molecule has 0 aliphatic carbocycles. The Labute approximate surface area is 121 Å². The fourth-order valence-corrected chi connectivity index (χ4v) is 2.17. The molecule has 1 unspecified atom stereocenters. The van der Waals surface area contributed by atoms with Gasteiger partial charge in [-0.15, -0.1) is 0 Å². The van der Waals surface area contributed by atoms with Gasteiger partial charge in [0.25, 0.3) is 0 Å². The number of carbonyl (C=O) groups is 2. The van der Waals surface area contributed by atoms with Crippen molar-refractivity contribution < 1.29 is 14.7 Å². The number of nitrogens with two attached hydrogens (primary N) is 2. The van der Waals surface area contributed by atoms with E-state index in [0.29, 0.717) is 11.5 Å². The Kier molecular flexibility index (Phi) is 3.93. The molecule has 7 heteroatoms. The molecule has 110 valence electrons. The van der Waals surface area contributed by atoms with Crippen LogP contribution in [-0.4, -0.2) is 28.0 Å². The van der Waals surface area contributed by atoms with Crippen LogP contribution < -0.4 is 16.8 Å². The number of fused-ring (bicyclic) bond motifs is 1. The number of aromatic nitrogens is 1. The molecule has 1 atom stereocenters. The number of carboxylic acid groups (broad SMARTS) is 1. The number of pyridine rings is 1. The van der Waals surface area contributed by atoms with Gasteiger partial charge in [0, 0.05) is 22.7 Å². The quantitative estimate of drug-likeness (QED) is 0.603. The monoisotopic (exact) mass is 288 g/mol. The minimum Gasteiger partial charge on any atom is -0.480 e. The molecule has 7 nitrogen and oxygen atoms in total. The highest BCUT2D eigenvalue weighted by Gasteiger charge is 2.21. The van der Waals surface area contributed by atoms with Crippen molar-refractivity contribution >= 4 is 34.2 Å². The van der Waals surface area contributed by atoms with E-state index in [1.54, 1.807) is 12.1 Å². The molecule has 1 aromatic heterocycles. The van der Waals surface area contributed by atoms with Crippen LogP contribution in [0.1, 0.15) is 12.0 Å². The highest BCUT2D eigenvalue weighted by Crippen LogP contribution is 2.29. The summed E-state index contributed by atoms with van der Waals surface area (Å²) in [4.78, 5) is 26.3. The van der Waals surface area contributed by atoms with Gasteiger partial charge in [0.15, 0.2) is 0 Å². The minimum atomic E-state index is -1.17. The third-order valence-corrected chi connectivity index (χ3v) is 3.18. The molecule has 2 rings (SSSR count). The van der Waals surface area contributed by atoms with E-state index in [1.165, 1.54) is 6.20 Å². The Hall–Kier alpha value is -2.83. The lowest BCUT2D eigenvalue weighted by molar-refractivity contribution is -0.139. The Balaban J connectivity index is 2.49. The molecule has 0 radical (unpaired) electrons. The summed E-state index contributed by atoms with van der Waals surface area (Å²) in [5.74, 6) is -1.51. The molecule has 0 aliphatic rings. The predicted octanol–water partition coefficient (Wildman–Crippen LogP) is 0.866. The first-order valence-corrected chi connectivity index (χ1v) is 6.31. The average molecular weight is 288 g/mol. The number of aliphatic carboxylic acids is 1. The number of nitrogens with one attached hydrogen (secondary N) is 1. The molecule has 0 spiro atoms. The van der Waals surface area contributed by atoms with Gasteiger partial charge < -0.3 is 21.9 Å². The zero-order valence-electron chi connectivity index (χ0n) is 11.5. The number of rotatable bonds is 5. The summed E-state index contributed by atoms with van der Waals surface area (Å²) >= 11 is 0. The average Bonchev–Trinajstić information content (AvgIpc) is 2.41. The van der Waals surface area contributed by atoms with Crippen LogP contribution in [-0.2, 0) is 9.59 Å². The number of benzene rings is 1. The zero-order valence-corrected chi connectivity index (χ0v) is 11.5. The highest BCUT2D eigenvalue weighted by molar-refractivity contribution is 6.02. The van der Waals surface area contributed by atoms with Crippen molar-refractivity contribution in [2.75, 3.05) is 11.1 Å². The fourth-order valence-electron chi connectivity index (χ4n) is 2.17. The van der Waals surface area contributed by atoms with Gasteiger partial charge in [0.2, 0.25) is 5.91 Å². The van der Waals surface area contributed by atoms with Crippen molar-refractivity contribution in [2.45, 2.75) is 19.4 Å². The number of aryl methyl sites for hydroxylation is 1. The van der Waals surface area contributed by atoms with E-state index in [4.69, 9.17) is 16.6 Å². The van der Waals surface area contributed by atoms with Crippen LogP contribution in [0.3, 0.4) is 0 Å². The van der Waals surface area contributed by atoms with Crippen molar-refractivity contribution in [1.82, 2.24) is 4.98 Å². The number of hydrogen-bond donors (Lipinski definition) is 4. The van der Waals surface area contributed by atoms with Crippen molar-refractivity contribution in [2.24, 2.45) is 5.73 Å². The molecule has 1 amide bonds. The van der Waals surface area contributed by atoms with Crippen LogP contribution in [0.25, 0.3) is 10.8 Å².